The predicted molar refractivity (Wildman–Crippen MR) is 77.9 cm³/mol. The van der Waals surface area contributed by atoms with Crippen LogP contribution in [0.1, 0.15) is 6.42 Å². The maximum Gasteiger partial charge on any atom is 0.265 e. The molecule has 0 aliphatic carbocycles. The Morgan fingerprint density at radius 1 is 1.10 bits per heavy atom. The highest BCUT2D eigenvalue weighted by Gasteiger charge is 2.15. The molecule has 0 heterocycles. The summed E-state index contributed by atoms with van der Waals surface area (Å²) in [7, 11) is 5.38. The monoisotopic (exact) mass is 329 g/mol. The van der Waals surface area contributed by atoms with E-state index in [0.29, 0.717) is 28.5 Å². The first-order valence-corrected chi connectivity index (χ1v) is 8.18. The van der Waals surface area contributed by atoms with E-state index in [0.717, 1.165) is 0 Å². The number of carbonyl (C=O) groups excluding carboxylic acids is 1. The van der Waals surface area contributed by atoms with Crippen molar-refractivity contribution >= 4 is 16.1 Å². The molecule has 0 fully saturated rings. The number of hydrogen-bond donors (Lipinski definition) is 2. The number of aliphatic hydroxyl groups is 1. The molecule has 0 amide bonds. The van der Waals surface area contributed by atoms with E-state index in [4.69, 9.17) is 9.66 Å². The van der Waals surface area contributed by atoms with Crippen molar-refractivity contribution in [3.8, 4) is 0 Å². The Labute approximate surface area is 127 Å². The Hall–Kier alpha value is -0.740. The molecule has 8 nitrogen and oxygen atoms in total. The number of nitrogens with zero attached hydrogens (tertiary/aromatic N) is 2. The standard InChI is InChI=1S/C7H17NO4S.C5H11NO2/c1-8(2,5-6-9)4-3-7-13(10,11)12;1-6(2,3)4-5(7)8/h9H,3-7H2,1-2H3;4H2,1-3H3/p+1. The van der Waals surface area contributed by atoms with Crippen LogP contribution in [0.2, 0.25) is 0 Å². The van der Waals surface area contributed by atoms with E-state index in [2.05, 4.69) is 0 Å². The van der Waals surface area contributed by atoms with Crippen LogP contribution in [-0.4, -0.2) is 100 Å². The van der Waals surface area contributed by atoms with Gasteiger partial charge in [-0.2, -0.15) is 8.42 Å². The lowest BCUT2D eigenvalue weighted by molar-refractivity contribution is -0.890. The van der Waals surface area contributed by atoms with Crippen LogP contribution >= 0.6 is 0 Å². The van der Waals surface area contributed by atoms with Crippen LogP contribution in [0.3, 0.4) is 0 Å². The first-order valence-electron chi connectivity index (χ1n) is 6.57. The molecule has 9 heteroatoms. The van der Waals surface area contributed by atoms with Crippen molar-refractivity contribution in [2.45, 2.75) is 6.42 Å². The van der Waals surface area contributed by atoms with E-state index in [1.807, 2.05) is 14.1 Å². The lowest BCUT2D eigenvalue weighted by Gasteiger charge is -2.28. The molecule has 0 aromatic heterocycles. The molecule has 0 aliphatic rings. The van der Waals surface area contributed by atoms with Gasteiger partial charge in [-0.05, 0) is 0 Å². The van der Waals surface area contributed by atoms with E-state index >= 15 is 0 Å². The summed E-state index contributed by atoms with van der Waals surface area (Å²) in [5, 5.41) is 18.6. The van der Waals surface area contributed by atoms with Crippen molar-refractivity contribution in [1.82, 2.24) is 0 Å². The average molecular weight is 329 g/mol. The molecule has 0 saturated heterocycles. The number of likely N-dealkylation sites (N-methyl/N-ethyl adjacent to an activating group) is 2. The summed E-state index contributed by atoms with van der Waals surface area (Å²) in [6.45, 7) is 1.37. The zero-order chi connectivity index (χ0) is 17.3. The summed E-state index contributed by atoms with van der Waals surface area (Å²) >= 11 is 0. The van der Waals surface area contributed by atoms with Crippen molar-refractivity contribution in [3.63, 3.8) is 0 Å². The maximum atomic E-state index is 10.4. The molecule has 0 saturated carbocycles. The lowest BCUT2D eigenvalue weighted by Crippen LogP contribution is -2.45. The van der Waals surface area contributed by atoms with Gasteiger partial charge in [-0.3, -0.25) is 4.55 Å². The topological polar surface area (TPSA) is 115 Å². The van der Waals surface area contributed by atoms with Crippen LogP contribution in [-0.2, 0) is 14.9 Å². The van der Waals surface area contributed by atoms with Crippen LogP contribution in [0.5, 0.6) is 0 Å². The smallest absolute Gasteiger partial charge is 0.265 e. The number of aliphatic carboxylic acids is 1. The van der Waals surface area contributed by atoms with E-state index < -0.39 is 16.1 Å². The van der Waals surface area contributed by atoms with E-state index in [1.165, 1.54) is 0 Å². The average Bonchev–Trinajstić information content (AvgIpc) is 2.10. The number of quaternary nitrogens is 2. The fourth-order valence-corrected chi connectivity index (χ4v) is 1.94. The molecule has 0 aromatic carbocycles. The summed E-state index contributed by atoms with van der Waals surface area (Å²) in [6, 6.07) is 0. The second-order valence-electron chi connectivity index (χ2n) is 6.57. The highest BCUT2D eigenvalue weighted by atomic mass is 32.2. The quantitative estimate of drug-likeness (QED) is 0.385. The van der Waals surface area contributed by atoms with Gasteiger partial charge in [0.15, 0.2) is 0 Å². The van der Waals surface area contributed by atoms with Gasteiger partial charge in [-0.25, -0.2) is 0 Å². The summed E-state index contributed by atoms with van der Waals surface area (Å²) < 4.78 is 30.2. The molecule has 0 rings (SSSR count). The Morgan fingerprint density at radius 2 is 1.57 bits per heavy atom. The fourth-order valence-electron chi connectivity index (χ4n) is 1.44. The third-order valence-corrected chi connectivity index (χ3v) is 3.28. The van der Waals surface area contributed by atoms with Gasteiger partial charge in [0.25, 0.3) is 10.1 Å². The van der Waals surface area contributed by atoms with Gasteiger partial charge in [-0.15, -0.1) is 0 Å². The molecule has 0 atom stereocenters. The highest BCUT2D eigenvalue weighted by Crippen LogP contribution is 1.99. The third-order valence-electron chi connectivity index (χ3n) is 2.47. The fraction of sp³-hybridized carbons (Fsp3) is 0.917. The van der Waals surface area contributed by atoms with Crippen molar-refractivity contribution in [1.29, 1.82) is 0 Å². The van der Waals surface area contributed by atoms with Crippen molar-refractivity contribution in [2.75, 3.05) is 67.2 Å². The van der Waals surface area contributed by atoms with Crippen LogP contribution in [0.25, 0.3) is 0 Å². The van der Waals surface area contributed by atoms with Crippen molar-refractivity contribution < 1.29 is 36.9 Å². The zero-order valence-electron chi connectivity index (χ0n) is 13.6. The number of carbonyl (C=O) groups is 1. The number of carboxylic acids is 1. The van der Waals surface area contributed by atoms with Gasteiger partial charge in [0.05, 0.1) is 60.1 Å². The third kappa shape index (κ3) is 21.7. The molecule has 0 unspecified atom stereocenters. The first kappa shape index (κ1) is 22.5. The number of rotatable bonds is 8. The second kappa shape index (κ2) is 9.31. The van der Waals surface area contributed by atoms with Gasteiger partial charge in [0, 0.05) is 6.42 Å². The Bertz CT molecular complexity index is 400. The molecule has 2 N–H and O–H groups in total. The molecule has 128 valence electrons. The Morgan fingerprint density at radius 3 is 1.81 bits per heavy atom. The van der Waals surface area contributed by atoms with Crippen LogP contribution < -0.4 is 5.11 Å². The molecule has 0 bridgehead atoms. The lowest BCUT2D eigenvalue weighted by atomic mass is 10.4. The minimum absolute atomic E-state index is 0.0694. The highest BCUT2D eigenvalue weighted by molar-refractivity contribution is 7.85. The summed E-state index contributed by atoms with van der Waals surface area (Å²) in [4.78, 5) is 9.89. The summed E-state index contributed by atoms with van der Waals surface area (Å²) in [5.41, 5.74) is 0. The molecular formula is C12H29N2O6S+. The van der Waals surface area contributed by atoms with Crippen LogP contribution in [0.15, 0.2) is 0 Å². The van der Waals surface area contributed by atoms with E-state index in [-0.39, 0.29) is 18.9 Å². The Balaban J connectivity index is 0. The van der Waals surface area contributed by atoms with Gasteiger partial charge in [0.2, 0.25) is 0 Å². The van der Waals surface area contributed by atoms with Gasteiger partial charge >= 0.3 is 0 Å². The SMILES string of the molecule is C[N+](C)(C)CC(=O)[O-].C[N+](C)(CCO)CCCS(=O)(=O)O. The van der Waals surface area contributed by atoms with Crippen molar-refractivity contribution in [2.24, 2.45) is 0 Å². The van der Waals surface area contributed by atoms with E-state index in [9.17, 15) is 18.3 Å². The van der Waals surface area contributed by atoms with Gasteiger partial charge in [-0.1, -0.05) is 0 Å². The van der Waals surface area contributed by atoms with Gasteiger partial charge in [0.1, 0.15) is 13.1 Å². The molecule has 0 aromatic rings. The zero-order valence-corrected chi connectivity index (χ0v) is 14.4. The Kier molecular flexibility index (Phi) is 10.00. The molecule has 0 radical (unpaired) electrons. The maximum absolute atomic E-state index is 10.4. The minimum atomic E-state index is -3.83. The largest absolute Gasteiger partial charge is 0.544 e. The van der Waals surface area contributed by atoms with Gasteiger partial charge < -0.3 is 24.0 Å². The molecule has 0 spiro atoms. The number of hydrogen-bond acceptors (Lipinski definition) is 5. The first-order chi connectivity index (χ1) is 9.18. The number of carboxylic acid groups (broad SMARTS) is 1. The van der Waals surface area contributed by atoms with Crippen LogP contribution in [0, 0.1) is 0 Å². The molecular weight excluding hydrogens is 300 g/mol. The summed E-state index contributed by atoms with van der Waals surface area (Å²) in [6.07, 6.45) is 0.409. The summed E-state index contributed by atoms with van der Waals surface area (Å²) in [5.74, 6) is -1.21. The minimum Gasteiger partial charge on any atom is -0.544 e. The molecule has 0 aliphatic heterocycles. The molecule has 21 heavy (non-hydrogen) atoms. The van der Waals surface area contributed by atoms with E-state index in [1.54, 1.807) is 21.1 Å². The second-order valence-corrected chi connectivity index (χ2v) is 8.14. The number of aliphatic hydroxyl groups excluding tert-OH is 1. The van der Waals surface area contributed by atoms with Crippen LogP contribution in [0.4, 0.5) is 0 Å². The normalized spacial score (nSPS) is 12.5. The van der Waals surface area contributed by atoms with Crippen molar-refractivity contribution in [3.05, 3.63) is 0 Å². The predicted octanol–water partition coefficient (Wildman–Crippen LogP) is -2.22.